The highest BCUT2D eigenvalue weighted by molar-refractivity contribution is 7.92. The Morgan fingerprint density at radius 1 is 1.10 bits per heavy atom. The van der Waals surface area contributed by atoms with Crippen molar-refractivity contribution >= 4 is 15.9 Å². The van der Waals surface area contributed by atoms with Gasteiger partial charge in [-0.1, -0.05) is 26.0 Å². The number of ether oxygens (including phenoxy) is 1. The van der Waals surface area contributed by atoms with Crippen molar-refractivity contribution in [1.82, 2.24) is 5.32 Å². The van der Waals surface area contributed by atoms with Gasteiger partial charge in [-0.3, -0.25) is 0 Å². The number of hydrogen-bond acceptors (Lipinski definition) is 5. The molecule has 0 aliphatic heterocycles. The summed E-state index contributed by atoms with van der Waals surface area (Å²) in [4.78, 5) is 12.2. The van der Waals surface area contributed by atoms with Crippen LogP contribution >= 0.6 is 0 Å². The molecule has 1 amide bonds. The van der Waals surface area contributed by atoms with E-state index in [0.717, 1.165) is 5.56 Å². The zero-order valence-electron chi connectivity index (χ0n) is 17.8. The van der Waals surface area contributed by atoms with Crippen LogP contribution in [0.15, 0.2) is 48.5 Å². The van der Waals surface area contributed by atoms with Gasteiger partial charge in [-0.2, -0.15) is 5.26 Å². The number of nitrogens with zero attached hydrogens (tertiary/aromatic N) is 1. The van der Waals surface area contributed by atoms with Gasteiger partial charge in [0.15, 0.2) is 9.84 Å². The Kier molecular flexibility index (Phi) is 8.57. The van der Waals surface area contributed by atoms with Gasteiger partial charge in [0.25, 0.3) is 0 Å². The highest BCUT2D eigenvalue weighted by Gasteiger charge is 2.28. The van der Waals surface area contributed by atoms with E-state index in [2.05, 4.69) is 11.4 Å². The summed E-state index contributed by atoms with van der Waals surface area (Å²) in [5.74, 6) is -0.632. The van der Waals surface area contributed by atoms with Crippen LogP contribution < -0.4 is 10.1 Å². The van der Waals surface area contributed by atoms with E-state index in [1.165, 1.54) is 24.3 Å². The molecule has 6 nitrogen and oxygen atoms in total. The maximum absolute atomic E-state index is 13.0. The van der Waals surface area contributed by atoms with E-state index in [1.807, 2.05) is 26.0 Å². The molecule has 1 unspecified atom stereocenters. The standard InChI is InChI=1S/C23H27FN2O4S/c1-16(2)22(26-23(27)30-21-12-10-20(24)11-13-21)15-31(28,29)17(3)4-5-18-6-8-19(14-25)9-7-18/h6-13,16-17,22H,4-5,15H2,1-3H3,(H,26,27)/t17?,22-/m1/s1. The number of halogens is 1. The van der Waals surface area contributed by atoms with Crippen LogP contribution in [0.5, 0.6) is 5.75 Å². The van der Waals surface area contributed by atoms with Crippen molar-refractivity contribution < 1.29 is 22.3 Å². The average Bonchev–Trinajstić information content (AvgIpc) is 2.73. The lowest BCUT2D eigenvalue weighted by molar-refractivity contribution is 0.193. The summed E-state index contributed by atoms with van der Waals surface area (Å²) in [5, 5.41) is 10.9. The molecule has 0 aromatic heterocycles. The van der Waals surface area contributed by atoms with Crippen molar-refractivity contribution in [3.8, 4) is 11.8 Å². The Bertz CT molecular complexity index is 1010. The molecule has 0 bridgehead atoms. The Balaban J connectivity index is 1.95. The van der Waals surface area contributed by atoms with E-state index in [-0.39, 0.29) is 17.4 Å². The first kappa shape index (κ1) is 24.4. The zero-order chi connectivity index (χ0) is 23.0. The summed E-state index contributed by atoms with van der Waals surface area (Å²) in [6.07, 6.45) is 0.211. The van der Waals surface area contributed by atoms with Gasteiger partial charge in [0.1, 0.15) is 11.6 Å². The monoisotopic (exact) mass is 446 g/mol. The summed E-state index contributed by atoms with van der Waals surface area (Å²) in [5.41, 5.74) is 1.52. The predicted molar refractivity (Wildman–Crippen MR) is 117 cm³/mol. The molecule has 0 aliphatic carbocycles. The molecule has 8 heteroatoms. The number of rotatable bonds is 9. The summed E-state index contributed by atoms with van der Waals surface area (Å²) in [6.45, 7) is 5.30. The van der Waals surface area contributed by atoms with Crippen LogP contribution in [0.1, 0.15) is 38.3 Å². The van der Waals surface area contributed by atoms with Gasteiger partial charge in [0, 0.05) is 6.04 Å². The molecular formula is C23H27FN2O4S. The number of amides is 1. The second-order valence-corrected chi connectivity index (χ2v) is 10.3. The Morgan fingerprint density at radius 2 is 1.71 bits per heavy atom. The molecule has 166 valence electrons. The molecule has 31 heavy (non-hydrogen) atoms. The van der Waals surface area contributed by atoms with Gasteiger partial charge in [0.2, 0.25) is 0 Å². The topological polar surface area (TPSA) is 96.3 Å². The van der Waals surface area contributed by atoms with E-state index in [9.17, 15) is 17.6 Å². The van der Waals surface area contributed by atoms with Gasteiger partial charge < -0.3 is 10.1 Å². The number of carbonyl (C=O) groups excluding carboxylic acids is 1. The van der Waals surface area contributed by atoms with Crippen molar-refractivity contribution in [3.63, 3.8) is 0 Å². The van der Waals surface area contributed by atoms with E-state index in [0.29, 0.717) is 18.4 Å². The van der Waals surface area contributed by atoms with Gasteiger partial charge in [-0.15, -0.1) is 0 Å². The smallest absolute Gasteiger partial charge is 0.410 e. The second-order valence-electron chi connectivity index (χ2n) is 7.83. The molecule has 0 saturated heterocycles. The Hall–Kier alpha value is -2.92. The quantitative estimate of drug-likeness (QED) is 0.621. The first-order valence-corrected chi connectivity index (χ1v) is 11.8. The van der Waals surface area contributed by atoms with Gasteiger partial charge in [-0.05, 0) is 67.6 Å². The van der Waals surface area contributed by atoms with Crippen molar-refractivity contribution in [1.29, 1.82) is 5.26 Å². The van der Waals surface area contributed by atoms with Crippen LogP contribution in [0.2, 0.25) is 0 Å². The van der Waals surface area contributed by atoms with E-state index in [1.54, 1.807) is 19.1 Å². The predicted octanol–water partition coefficient (Wildman–Crippen LogP) is 4.25. The number of hydrogen-bond donors (Lipinski definition) is 1. The molecule has 0 saturated carbocycles. The molecule has 0 spiro atoms. The normalized spacial score (nSPS) is 13.3. The summed E-state index contributed by atoms with van der Waals surface area (Å²) < 4.78 is 43.8. The van der Waals surface area contributed by atoms with Crippen LogP contribution in [0.4, 0.5) is 9.18 Å². The number of carbonyl (C=O) groups is 1. The number of sulfone groups is 1. The minimum atomic E-state index is -3.48. The third-order valence-electron chi connectivity index (χ3n) is 5.08. The number of aryl methyl sites for hydroxylation is 1. The first-order valence-electron chi connectivity index (χ1n) is 10.0. The van der Waals surface area contributed by atoms with Gasteiger partial charge in [0.05, 0.1) is 22.6 Å². The SMILES string of the molecule is CC(C)[C@@H](CS(=O)(=O)C(C)CCc1ccc(C#N)cc1)NC(=O)Oc1ccc(F)cc1. The van der Waals surface area contributed by atoms with Gasteiger partial charge >= 0.3 is 6.09 Å². The molecule has 0 heterocycles. The molecule has 2 aromatic rings. The second kappa shape index (κ2) is 10.9. The third-order valence-corrected chi connectivity index (χ3v) is 7.37. The van der Waals surface area contributed by atoms with Crippen molar-refractivity contribution in [2.75, 3.05) is 5.75 Å². The fourth-order valence-electron chi connectivity index (χ4n) is 2.90. The number of nitrogens with one attached hydrogen (secondary N) is 1. The molecule has 0 aliphatic rings. The lowest BCUT2D eigenvalue weighted by atomic mass is 10.1. The van der Waals surface area contributed by atoms with E-state index < -0.39 is 33.0 Å². The average molecular weight is 447 g/mol. The minimum absolute atomic E-state index is 0.138. The summed E-state index contributed by atoms with van der Waals surface area (Å²) >= 11 is 0. The Labute approximate surface area is 183 Å². The third kappa shape index (κ3) is 7.68. The molecule has 0 radical (unpaired) electrons. The molecule has 0 fully saturated rings. The minimum Gasteiger partial charge on any atom is -0.410 e. The van der Waals surface area contributed by atoms with Crippen molar-refractivity contribution in [3.05, 3.63) is 65.5 Å². The highest BCUT2D eigenvalue weighted by atomic mass is 32.2. The molecule has 1 N–H and O–H groups in total. The van der Waals surface area contributed by atoms with Crippen LogP contribution in [-0.4, -0.2) is 31.6 Å². The lowest BCUT2D eigenvalue weighted by Gasteiger charge is -2.24. The van der Waals surface area contributed by atoms with Crippen LogP contribution in [-0.2, 0) is 16.3 Å². The largest absolute Gasteiger partial charge is 0.412 e. The van der Waals surface area contributed by atoms with Crippen LogP contribution in [0.3, 0.4) is 0 Å². The maximum Gasteiger partial charge on any atom is 0.412 e. The maximum atomic E-state index is 13.0. The lowest BCUT2D eigenvalue weighted by Crippen LogP contribution is -2.45. The Morgan fingerprint density at radius 3 is 2.26 bits per heavy atom. The number of benzene rings is 2. The van der Waals surface area contributed by atoms with Crippen molar-refractivity contribution in [2.45, 2.75) is 44.9 Å². The summed E-state index contributed by atoms with van der Waals surface area (Å²) in [7, 11) is -3.48. The van der Waals surface area contributed by atoms with Crippen LogP contribution in [0.25, 0.3) is 0 Å². The summed E-state index contributed by atoms with van der Waals surface area (Å²) in [6, 6.07) is 13.5. The van der Waals surface area contributed by atoms with Crippen molar-refractivity contribution in [2.24, 2.45) is 5.92 Å². The van der Waals surface area contributed by atoms with E-state index >= 15 is 0 Å². The number of nitriles is 1. The van der Waals surface area contributed by atoms with Gasteiger partial charge in [-0.25, -0.2) is 17.6 Å². The van der Waals surface area contributed by atoms with Crippen LogP contribution in [0, 0.1) is 23.1 Å². The molecule has 2 aromatic carbocycles. The molecule has 2 atom stereocenters. The first-order chi connectivity index (χ1) is 14.6. The highest BCUT2D eigenvalue weighted by Crippen LogP contribution is 2.17. The zero-order valence-corrected chi connectivity index (χ0v) is 18.7. The molecular weight excluding hydrogens is 419 g/mol. The van der Waals surface area contributed by atoms with E-state index in [4.69, 9.17) is 10.00 Å². The fraction of sp³-hybridized carbons (Fsp3) is 0.391. The fourth-order valence-corrected chi connectivity index (χ4v) is 4.68. The molecule has 2 rings (SSSR count).